The molecule has 1 aromatic heterocycles. The highest BCUT2D eigenvalue weighted by Crippen LogP contribution is 2.33. The van der Waals surface area contributed by atoms with E-state index in [1.807, 2.05) is 0 Å². The summed E-state index contributed by atoms with van der Waals surface area (Å²) in [5.41, 5.74) is 6.51. The van der Waals surface area contributed by atoms with Gasteiger partial charge >= 0.3 is 0 Å². The molecular formula is C16H21NS. The average Bonchev–Trinajstić information content (AvgIpc) is 2.64. The van der Waals surface area contributed by atoms with Crippen molar-refractivity contribution in [2.24, 2.45) is 0 Å². The fourth-order valence-corrected chi connectivity index (χ4v) is 3.22. The van der Waals surface area contributed by atoms with Gasteiger partial charge in [-0.25, -0.2) is 4.98 Å². The van der Waals surface area contributed by atoms with E-state index >= 15 is 0 Å². The van der Waals surface area contributed by atoms with E-state index in [2.05, 4.69) is 59.1 Å². The molecule has 96 valence electrons. The lowest BCUT2D eigenvalue weighted by molar-refractivity contribution is 0.586. The van der Waals surface area contributed by atoms with E-state index in [0.29, 0.717) is 0 Å². The second-order valence-electron chi connectivity index (χ2n) is 6.06. The first kappa shape index (κ1) is 13.3. The van der Waals surface area contributed by atoms with Gasteiger partial charge < -0.3 is 0 Å². The Balaban J connectivity index is 2.53. The lowest BCUT2D eigenvalue weighted by Gasteiger charge is -2.14. The Hall–Kier alpha value is -1.15. The van der Waals surface area contributed by atoms with Gasteiger partial charge in [-0.2, -0.15) is 0 Å². The number of aryl methyl sites for hydroxylation is 3. The van der Waals surface area contributed by atoms with Crippen LogP contribution in [-0.2, 0) is 5.41 Å². The third-order valence-corrected chi connectivity index (χ3v) is 4.35. The smallest absolute Gasteiger partial charge is 0.0986 e. The molecule has 18 heavy (non-hydrogen) atoms. The average molecular weight is 259 g/mol. The van der Waals surface area contributed by atoms with Crippen LogP contribution in [0.15, 0.2) is 17.5 Å². The monoisotopic (exact) mass is 259 g/mol. The van der Waals surface area contributed by atoms with Gasteiger partial charge in [-0.3, -0.25) is 0 Å². The van der Waals surface area contributed by atoms with Gasteiger partial charge in [0.2, 0.25) is 0 Å². The number of thiazole rings is 1. The summed E-state index contributed by atoms with van der Waals surface area (Å²) in [4.78, 5) is 4.82. The number of benzene rings is 1. The zero-order valence-corrected chi connectivity index (χ0v) is 12.9. The number of nitrogens with zero attached hydrogens (tertiary/aromatic N) is 1. The van der Waals surface area contributed by atoms with Crippen LogP contribution >= 0.6 is 11.3 Å². The van der Waals surface area contributed by atoms with Gasteiger partial charge in [-0.15, -0.1) is 11.3 Å². The van der Waals surface area contributed by atoms with Crippen LogP contribution in [0.2, 0.25) is 0 Å². The first-order valence-corrected chi connectivity index (χ1v) is 7.21. The molecule has 0 saturated carbocycles. The second-order valence-corrected chi connectivity index (χ2v) is 6.92. The fraction of sp³-hybridized carbons (Fsp3) is 0.438. The molecule has 0 spiro atoms. The molecule has 0 unspecified atom stereocenters. The van der Waals surface area contributed by atoms with E-state index in [1.54, 1.807) is 11.3 Å². The Morgan fingerprint density at radius 1 is 1.00 bits per heavy atom. The lowest BCUT2D eigenvalue weighted by atomic mass is 9.96. The molecule has 2 heteroatoms. The van der Waals surface area contributed by atoms with Crippen molar-refractivity contribution in [3.05, 3.63) is 39.2 Å². The minimum atomic E-state index is 0.134. The highest BCUT2D eigenvalue weighted by atomic mass is 32.1. The minimum Gasteiger partial charge on any atom is -0.241 e. The van der Waals surface area contributed by atoms with Crippen LogP contribution < -0.4 is 0 Å². The third-order valence-electron chi connectivity index (χ3n) is 3.08. The first-order chi connectivity index (χ1) is 8.29. The van der Waals surface area contributed by atoms with Crippen molar-refractivity contribution in [3.63, 3.8) is 0 Å². The molecule has 0 radical (unpaired) electrons. The van der Waals surface area contributed by atoms with Crippen molar-refractivity contribution in [1.29, 1.82) is 0 Å². The summed E-state index contributed by atoms with van der Waals surface area (Å²) >= 11 is 1.76. The highest BCUT2D eigenvalue weighted by molar-refractivity contribution is 7.10. The SMILES string of the molecule is Cc1cc(C)c(-c2csc(C(C)(C)C)n2)c(C)c1. The maximum absolute atomic E-state index is 4.82. The molecule has 0 saturated heterocycles. The van der Waals surface area contributed by atoms with Gasteiger partial charge in [0.15, 0.2) is 0 Å². The van der Waals surface area contributed by atoms with E-state index in [0.717, 1.165) is 5.69 Å². The molecule has 0 fully saturated rings. The highest BCUT2D eigenvalue weighted by Gasteiger charge is 2.19. The standard InChI is InChI=1S/C16H21NS/c1-10-7-11(2)14(12(3)8-10)13-9-18-15(17-13)16(4,5)6/h7-9H,1-6H3. The van der Waals surface area contributed by atoms with Crippen LogP contribution in [0.4, 0.5) is 0 Å². The Labute approximate surface area is 114 Å². The predicted molar refractivity (Wildman–Crippen MR) is 80.5 cm³/mol. The van der Waals surface area contributed by atoms with Crippen molar-refractivity contribution in [3.8, 4) is 11.3 Å². The first-order valence-electron chi connectivity index (χ1n) is 6.33. The Bertz CT molecular complexity index is 550. The maximum Gasteiger partial charge on any atom is 0.0986 e. The van der Waals surface area contributed by atoms with Crippen molar-refractivity contribution in [2.45, 2.75) is 47.0 Å². The van der Waals surface area contributed by atoms with Gasteiger partial charge in [0.25, 0.3) is 0 Å². The van der Waals surface area contributed by atoms with Crippen LogP contribution in [0, 0.1) is 20.8 Å². The predicted octanol–water partition coefficient (Wildman–Crippen LogP) is 5.03. The van der Waals surface area contributed by atoms with Gasteiger partial charge in [-0.1, -0.05) is 38.5 Å². The molecule has 0 aliphatic heterocycles. The normalized spacial score (nSPS) is 11.9. The Morgan fingerprint density at radius 2 is 1.56 bits per heavy atom. The Kier molecular flexibility index (Phi) is 3.33. The molecular weight excluding hydrogens is 238 g/mol. The molecule has 1 heterocycles. The van der Waals surface area contributed by atoms with Crippen LogP contribution in [0.1, 0.15) is 42.5 Å². The summed E-state index contributed by atoms with van der Waals surface area (Å²) in [5, 5.41) is 3.39. The number of aromatic nitrogens is 1. The summed E-state index contributed by atoms with van der Waals surface area (Å²) in [6, 6.07) is 4.47. The molecule has 0 bridgehead atoms. The molecule has 2 rings (SSSR count). The van der Waals surface area contributed by atoms with E-state index in [1.165, 1.54) is 27.3 Å². The van der Waals surface area contributed by atoms with Gasteiger partial charge in [0.05, 0.1) is 10.7 Å². The number of hydrogen-bond acceptors (Lipinski definition) is 2. The van der Waals surface area contributed by atoms with Crippen molar-refractivity contribution in [1.82, 2.24) is 4.98 Å². The summed E-state index contributed by atoms with van der Waals surface area (Å²) in [6.45, 7) is 13.1. The van der Waals surface area contributed by atoms with E-state index in [-0.39, 0.29) is 5.41 Å². The quantitative estimate of drug-likeness (QED) is 0.699. The van der Waals surface area contributed by atoms with E-state index in [9.17, 15) is 0 Å². The van der Waals surface area contributed by atoms with Gasteiger partial charge in [0, 0.05) is 16.4 Å². The maximum atomic E-state index is 4.82. The largest absolute Gasteiger partial charge is 0.241 e. The van der Waals surface area contributed by atoms with Crippen molar-refractivity contribution >= 4 is 11.3 Å². The minimum absolute atomic E-state index is 0.134. The Morgan fingerprint density at radius 3 is 2.00 bits per heavy atom. The number of hydrogen-bond donors (Lipinski definition) is 0. The number of rotatable bonds is 1. The molecule has 0 aliphatic rings. The second kappa shape index (κ2) is 4.51. The third kappa shape index (κ3) is 2.49. The van der Waals surface area contributed by atoms with Crippen LogP contribution in [-0.4, -0.2) is 4.98 Å². The zero-order valence-electron chi connectivity index (χ0n) is 12.1. The topological polar surface area (TPSA) is 12.9 Å². The molecule has 0 amide bonds. The summed E-state index contributed by atoms with van der Waals surface area (Å²) in [6.07, 6.45) is 0. The zero-order chi connectivity index (χ0) is 13.5. The molecule has 2 aromatic rings. The molecule has 0 aliphatic carbocycles. The van der Waals surface area contributed by atoms with E-state index < -0.39 is 0 Å². The van der Waals surface area contributed by atoms with Crippen LogP contribution in [0.25, 0.3) is 11.3 Å². The van der Waals surface area contributed by atoms with Crippen molar-refractivity contribution < 1.29 is 0 Å². The summed E-state index contributed by atoms with van der Waals surface area (Å²) in [7, 11) is 0. The molecule has 1 nitrogen and oxygen atoms in total. The molecule has 0 N–H and O–H groups in total. The fourth-order valence-electron chi connectivity index (χ4n) is 2.32. The van der Waals surface area contributed by atoms with E-state index in [4.69, 9.17) is 4.98 Å². The molecule has 0 atom stereocenters. The van der Waals surface area contributed by atoms with Crippen molar-refractivity contribution in [2.75, 3.05) is 0 Å². The van der Waals surface area contributed by atoms with Gasteiger partial charge in [0.1, 0.15) is 0 Å². The lowest BCUT2D eigenvalue weighted by Crippen LogP contribution is -2.10. The summed E-state index contributed by atoms with van der Waals surface area (Å²) < 4.78 is 0. The van der Waals surface area contributed by atoms with Gasteiger partial charge in [-0.05, 0) is 31.9 Å². The summed E-state index contributed by atoms with van der Waals surface area (Å²) in [5.74, 6) is 0. The molecule has 1 aromatic carbocycles. The van der Waals surface area contributed by atoms with Crippen LogP contribution in [0.5, 0.6) is 0 Å². The van der Waals surface area contributed by atoms with Crippen LogP contribution in [0.3, 0.4) is 0 Å².